The fourth-order valence-electron chi connectivity index (χ4n) is 2.96. The van der Waals surface area contributed by atoms with Gasteiger partial charge in [-0.1, -0.05) is 41.6 Å². The first kappa shape index (κ1) is 15.0. The summed E-state index contributed by atoms with van der Waals surface area (Å²) in [5, 5.41) is 20.0. The van der Waals surface area contributed by atoms with Gasteiger partial charge in [0.05, 0.1) is 18.3 Å². The molecule has 5 aromatic rings. The Kier molecular flexibility index (Phi) is 3.57. The molecule has 3 heterocycles. The number of H-pyrrole nitrogens is 1. The van der Waals surface area contributed by atoms with Gasteiger partial charge < -0.3 is 0 Å². The monoisotopic (exact) mass is 358 g/mol. The van der Waals surface area contributed by atoms with Gasteiger partial charge in [0.2, 0.25) is 0 Å². The maximum Gasteiger partial charge on any atom is 0.144 e. The van der Waals surface area contributed by atoms with Gasteiger partial charge in [-0.05, 0) is 17.7 Å². The molecule has 1 N–H and O–H groups in total. The number of hydrogen-bond acceptors (Lipinski definition) is 5. The molecule has 0 amide bonds. The van der Waals surface area contributed by atoms with Crippen molar-refractivity contribution in [3.8, 4) is 22.0 Å². The summed E-state index contributed by atoms with van der Waals surface area (Å²) in [6, 6.07) is 16.4. The molecule has 0 saturated carbocycles. The Hall–Kier alpha value is -3.32. The van der Waals surface area contributed by atoms with Gasteiger partial charge in [0.1, 0.15) is 16.4 Å². The molecule has 0 aliphatic rings. The highest BCUT2D eigenvalue weighted by atomic mass is 32.1. The normalized spacial score (nSPS) is 11.2. The number of benzene rings is 2. The number of nitrogens with zero attached hydrogens (tertiary/aromatic N) is 5. The van der Waals surface area contributed by atoms with Gasteiger partial charge in [0.15, 0.2) is 0 Å². The van der Waals surface area contributed by atoms with Gasteiger partial charge in [-0.25, -0.2) is 9.67 Å². The number of aromatic nitrogens is 6. The minimum atomic E-state index is 0.701. The molecule has 0 fully saturated rings. The molecule has 0 saturated heterocycles. The van der Waals surface area contributed by atoms with Gasteiger partial charge in [-0.15, -0.1) is 16.4 Å². The molecule has 0 radical (unpaired) electrons. The molecule has 0 bridgehead atoms. The molecular weight excluding hydrogens is 344 g/mol. The van der Waals surface area contributed by atoms with Crippen LogP contribution in [0.25, 0.3) is 32.9 Å². The van der Waals surface area contributed by atoms with E-state index in [0.717, 1.165) is 32.9 Å². The molecule has 5 rings (SSSR count). The summed E-state index contributed by atoms with van der Waals surface area (Å²) in [6.45, 7) is 0.701. The van der Waals surface area contributed by atoms with E-state index in [-0.39, 0.29) is 0 Å². The van der Waals surface area contributed by atoms with Crippen LogP contribution >= 0.6 is 11.3 Å². The first-order valence-electron chi connectivity index (χ1n) is 8.19. The molecule has 0 atom stereocenters. The van der Waals surface area contributed by atoms with Crippen molar-refractivity contribution in [2.75, 3.05) is 0 Å². The maximum atomic E-state index is 4.42. The van der Waals surface area contributed by atoms with Crippen LogP contribution in [-0.2, 0) is 6.54 Å². The third-order valence-electron chi connectivity index (χ3n) is 4.22. The summed E-state index contributed by atoms with van der Waals surface area (Å²) in [4.78, 5) is 4.37. The molecule has 3 aromatic heterocycles. The van der Waals surface area contributed by atoms with Gasteiger partial charge in [-0.3, -0.25) is 5.10 Å². The van der Waals surface area contributed by atoms with Crippen LogP contribution in [0, 0.1) is 0 Å². The van der Waals surface area contributed by atoms with Crippen molar-refractivity contribution in [3.05, 3.63) is 71.9 Å². The number of rotatable bonds is 4. The van der Waals surface area contributed by atoms with Crippen molar-refractivity contribution in [1.29, 1.82) is 0 Å². The molecule has 6 nitrogen and oxygen atoms in total. The number of nitrogens with one attached hydrogen (secondary N) is 1. The predicted molar refractivity (Wildman–Crippen MR) is 102 cm³/mol. The summed E-state index contributed by atoms with van der Waals surface area (Å²) >= 11 is 1.58. The molecule has 0 aliphatic carbocycles. The van der Waals surface area contributed by atoms with Crippen LogP contribution < -0.4 is 0 Å². The number of thiazole rings is 1. The van der Waals surface area contributed by atoms with Crippen molar-refractivity contribution in [1.82, 2.24) is 30.2 Å². The molecule has 2 aromatic carbocycles. The minimum absolute atomic E-state index is 0.701. The highest BCUT2D eigenvalue weighted by Gasteiger charge is 2.12. The van der Waals surface area contributed by atoms with Crippen LogP contribution in [0.5, 0.6) is 0 Å². The Morgan fingerprint density at radius 1 is 1.08 bits per heavy atom. The van der Waals surface area contributed by atoms with Crippen molar-refractivity contribution < 1.29 is 0 Å². The molecule has 26 heavy (non-hydrogen) atoms. The molecule has 126 valence electrons. The second-order valence-corrected chi connectivity index (χ2v) is 6.85. The van der Waals surface area contributed by atoms with Crippen LogP contribution in [-0.4, -0.2) is 30.2 Å². The second kappa shape index (κ2) is 6.20. The van der Waals surface area contributed by atoms with Gasteiger partial charge in [0.25, 0.3) is 0 Å². The van der Waals surface area contributed by atoms with Crippen molar-refractivity contribution >= 4 is 22.2 Å². The standard InChI is InChI=1S/C19H14N6S/c1-2-4-13(5-3-1)11-25-12-17(22-24-25)14-6-7-16-15(10-14)18(23-21-16)19-20-8-9-26-19/h1-10,12H,11H2,(H,21,23). The summed E-state index contributed by atoms with van der Waals surface area (Å²) in [5.41, 5.74) is 4.90. The Bertz CT molecular complexity index is 1160. The van der Waals surface area contributed by atoms with E-state index in [1.807, 2.05) is 46.6 Å². The number of aromatic amines is 1. The molecule has 7 heteroatoms. The molecule has 0 spiro atoms. The van der Waals surface area contributed by atoms with E-state index in [0.29, 0.717) is 6.54 Å². The van der Waals surface area contributed by atoms with E-state index in [9.17, 15) is 0 Å². The van der Waals surface area contributed by atoms with E-state index in [1.165, 1.54) is 5.56 Å². The quantitative estimate of drug-likeness (QED) is 0.527. The first-order valence-corrected chi connectivity index (χ1v) is 9.07. The number of fused-ring (bicyclic) bond motifs is 1. The van der Waals surface area contributed by atoms with E-state index >= 15 is 0 Å². The van der Waals surface area contributed by atoms with Crippen LogP contribution in [0.4, 0.5) is 0 Å². The highest BCUT2D eigenvalue weighted by molar-refractivity contribution is 7.13. The van der Waals surface area contributed by atoms with Crippen LogP contribution in [0.15, 0.2) is 66.3 Å². The Labute approximate surface area is 153 Å². The van der Waals surface area contributed by atoms with E-state index in [2.05, 4.69) is 43.7 Å². The van der Waals surface area contributed by atoms with Crippen LogP contribution in [0.3, 0.4) is 0 Å². The first-order chi connectivity index (χ1) is 12.9. The zero-order chi connectivity index (χ0) is 17.3. The second-order valence-electron chi connectivity index (χ2n) is 5.96. The highest BCUT2D eigenvalue weighted by Crippen LogP contribution is 2.30. The average molecular weight is 358 g/mol. The van der Waals surface area contributed by atoms with Crippen molar-refractivity contribution in [2.45, 2.75) is 6.54 Å². The zero-order valence-corrected chi connectivity index (χ0v) is 14.5. The fraction of sp³-hybridized carbons (Fsp3) is 0.0526. The SMILES string of the molecule is c1ccc(Cn2cc(-c3ccc4[nH]nc(-c5nccs5)c4c3)nn2)cc1. The number of hydrogen-bond donors (Lipinski definition) is 1. The molecule has 0 aliphatic heterocycles. The lowest BCUT2D eigenvalue weighted by atomic mass is 10.1. The van der Waals surface area contributed by atoms with E-state index in [1.54, 1.807) is 17.5 Å². The van der Waals surface area contributed by atoms with Crippen molar-refractivity contribution in [3.63, 3.8) is 0 Å². The molecule has 0 unspecified atom stereocenters. The van der Waals surface area contributed by atoms with E-state index < -0.39 is 0 Å². The Balaban J connectivity index is 1.50. The summed E-state index contributed by atoms with van der Waals surface area (Å²) in [7, 11) is 0. The van der Waals surface area contributed by atoms with Crippen LogP contribution in [0.1, 0.15) is 5.56 Å². The predicted octanol–water partition coefficient (Wildman–Crippen LogP) is 3.99. The van der Waals surface area contributed by atoms with Gasteiger partial charge in [-0.2, -0.15) is 5.10 Å². The lowest BCUT2D eigenvalue weighted by molar-refractivity contribution is 0.650. The third-order valence-corrected chi connectivity index (χ3v) is 5.00. The largest absolute Gasteiger partial charge is 0.277 e. The van der Waals surface area contributed by atoms with Gasteiger partial charge in [0, 0.05) is 22.5 Å². The zero-order valence-electron chi connectivity index (χ0n) is 13.7. The fourth-order valence-corrected chi connectivity index (χ4v) is 3.59. The minimum Gasteiger partial charge on any atom is -0.277 e. The lowest BCUT2D eigenvalue weighted by Crippen LogP contribution is -1.99. The topological polar surface area (TPSA) is 72.3 Å². The van der Waals surface area contributed by atoms with E-state index in [4.69, 9.17) is 0 Å². The Morgan fingerprint density at radius 3 is 2.85 bits per heavy atom. The summed E-state index contributed by atoms with van der Waals surface area (Å²) < 4.78 is 1.85. The summed E-state index contributed by atoms with van der Waals surface area (Å²) in [5.74, 6) is 0. The maximum absolute atomic E-state index is 4.42. The average Bonchev–Trinajstić information content (AvgIpc) is 3.42. The van der Waals surface area contributed by atoms with Crippen LogP contribution in [0.2, 0.25) is 0 Å². The Morgan fingerprint density at radius 2 is 2.00 bits per heavy atom. The third kappa shape index (κ3) is 2.68. The lowest BCUT2D eigenvalue weighted by Gasteiger charge is -2.00. The van der Waals surface area contributed by atoms with Crippen molar-refractivity contribution in [2.24, 2.45) is 0 Å². The molecular formula is C19H14N6S. The van der Waals surface area contributed by atoms with Gasteiger partial charge >= 0.3 is 0 Å². The summed E-state index contributed by atoms with van der Waals surface area (Å²) in [6.07, 6.45) is 3.76. The smallest absolute Gasteiger partial charge is 0.144 e.